The summed E-state index contributed by atoms with van der Waals surface area (Å²) < 4.78 is 20.8. The summed E-state index contributed by atoms with van der Waals surface area (Å²) in [6.07, 6.45) is 7.05. The quantitative estimate of drug-likeness (QED) is 0.818. The lowest BCUT2D eigenvalue weighted by Crippen LogP contribution is -2.46. The molecule has 0 radical (unpaired) electrons. The molecule has 1 amide bonds. The van der Waals surface area contributed by atoms with Crippen molar-refractivity contribution in [1.82, 2.24) is 14.7 Å². The second kappa shape index (κ2) is 7.95. The number of carbonyl (C=O) groups is 1. The maximum atomic E-state index is 13.5. The van der Waals surface area contributed by atoms with E-state index in [1.807, 2.05) is 21.8 Å². The Balaban J connectivity index is 1.53. The molecule has 1 atom stereocenters. The number of likely N-dealkylation sites (tertiary alicyclic amines) is 1. The van der Waals surface area contributed by atoms with Gasteiger partial charge in [-0.05, 0) is 37.5 Å². The van der Waals surface area contributed by atoms with Crippen LogP contribution < -0.4 is 4.74 Å². The van der Waals surface area contributed by atoms with E-state index in [4.69, 9.17) is 4.74 Å². The van der Waals surface area contributed by atoms with Gasteiger partial charge in [0.25, 0.3) is 0 Å². The number of aromatic nitrogens is 2. The molecule has 0 saturated carbocycles. The van der Waals surface area contributed by atoms with E-state index in [0.29, 0.717) is 6.54 Å². The van der Waals surface area contributed by atoms with Gasteiger partial charge in [0, 0.05) is 18.9 Å². The smallest absolute Gasteiger partial charge is 0.226 e. The van der Waals surface area contributed by atoms with Crippen molar-refractivity contribution in [3.05, 3.63) is 48.5 Å². The van der Waals surface area contributed by atoms with Gasteiger partial charge in [-0.1, -0.05) is 12.1 Å². The molecule has 2 heterocycles. The zero-order chi connectivity index (χ0) is 16.8. The first-order chi connectivity index (χ1) is 11.7. The number of ether oxygens (including phenoxy) is 1. The summed E-state index contributed by atoms with van der Waals surface area (Å²) in [6.45, 7) is 1.67. The van der Waals surface area contributed by atoms with E-state index in [9.17, 15) is 9.18 Å². The number of carbonyl (C=O) groups excluding carboxylic acids is 1. The molecule has 0 unspecified atom stereocenters. The molecule has 128 valence electrons. The highest BCUT2D eigenvalue weighted by Gasteiger charge is 2.26. The van der Waals surface area contributed by atoms with E-state index >= 15 is 0 Å². The standard InChI is InChI=1S/C18H22FN3O2/c19-16-7-1-2-8-17(16)24-13-9-18(23)22-12-4-3-6-15(22)14-21-11-5-10-20-21/h1-2,5,7-8,10-11,15H,3-4,6,9,12-14H2/t15-/m0/s1. The third-order valence-corrected chi connectivity index (χ3v) is 4.31. The molecule has 1 aliphatic rings. The van der Waals surface area contributed by atoms with Gasteiger partial charge >= 0.3 is 0 Å². The molecule has 5 nitrogen and oxygen atoms in total. The van der Waals surface area contributed by atoms with Crippen LogP contribution in [-0.4, -0.2) is 39.8 Å². The van der Waals surface area contributed by atoms with E-state index in [1.54, 1.807) is 24.4 Å². The van der Waals surface area contributed by atoms with Crippen molar-refractivity contribution in [2.75, 3.05) is 13.2 Å². The highest BCUT2D eigenvalue weighted by molar-refractivity contribution is 5.76. The fourth-order valence-electron chi connectivity index (χ4n) is 3.10. The minimum absolute atomic E-state index is 0.0585. The highest BCUT2D eigenvalue weighted by Crippen LogP contribution is 2.20. The van der Waals surface area contributed by atoms with Crippen molar-refractivity contribution < 1.29 is 13.9 Å². The van der Waals surface area contributed by atoms with Crippen LogP contribution in [-0.2, 0) is 11.3 Å². The number of piperidine rings is 1. The minimum atomic E-state index is -0.403. The molecule has 3 rings (SSSR count). The fraction of sp³-hybridized carbons (Fsp3) is 0.444. The molecule has 1 fully saturated rings. The molecular formula is C18H22FN3O2. The first-order valence-electron chi connectivity index (χ1n) is 8.38. The van der Waals surface area contributed by atoms with Gasteiger partial charge in [-0.25, -0.2) is 4.39 Å². The summed E-state index contributed by atoms with van der Waals surface area (Å²) in [5.74, 6) is -0.153. The minimum Gasteiger partial charge on any atom is -0.490 e. The van der Waals surface area contributed by atoms with Crippen molar-refractivity contribution in [2.24, 2.45) is 0 Å². The predicted molar refractivity (Wildman–Crippen MR) is 88.1 cm³/mol. The lowest BCUT2D eigenvalue weighted by atomic mass is 10.0. The van der Waals surface area contributed by atoms with Crippen molar-refractivity contribution in [3.63, 3.8) is 0 Å². The lowest BCUT2D eigenvalue weighted by molar-refractivity contribution is -0.135. The van der Waals surface area contributed by atoms with Crippen LogP contribution in [0.25, 0.3) is 0 Å². The summed E-state index contributed by atoms with van der Waals surface area (Å²) in [7, 11) is 0. The molecule has 6 heteroatoms. The zero-order valence-electron chi connectivity index (χ0n) is 13.6. The van der Waals surface area contributed by atoms with Gasteiger partial charge in [0.15, 0.2) is 11.6 Å². The largest absolute Gasteiger partial charge is 0.490 e. The molecule has 2 aromatic rings. The molecule has 0 spiro atoms. The van der Waals surface area contributed by atoms with E-state index < -0.39 is 5.82 Å². The van der Waals surface area contributed by atoms with Crippen molar-refractivity contribution in [2.45, 2.75) is 38.3 Å². The SMILES string of the molecule is O=C(CCOc1ccccc1F)N1CCCC[C@H]1Cn1cccn1. The third kappa shape index (κ3) is 4.13. The lowest BCUT2D eigenvalue weighted by Gasteiger charge is -2.35. The maximum absolute atomic E-state index is 13.5. The average molecular weight is 331 g/mol. The van der Waals surface area contributed by atoms with Gasteiger partial charge < -0.3 is 9.64 Å². The summed E-state index contributed by atoms with van der Waals surface area (Å²) in [6, 6.07) is 8.30. The Hall–Kier alpha value is -2.37. The van der Waals surface area contributed by atoms with Crippen LogP contribution in [0.15, 0.2) is 42.7 Å². The highest BCUT2D eigenvalue weighted by atomic mass is 19.1. The van der Waals surface area contributed by atoms with E-state index in [1.165, 1.54) is 6.07 Å². The Bertz CT molecular complexity index is 660. The second-order valence-corrected chi connectivity index (χ2v) is 5.99. The predicted octanol–water partition coefficient (Wildman–Crippen LogP) is 2.87. The number of benzene rings is 1. The molecule has 0 N–H and O–H groups in total. The molecule has 1 aromatic carbocycles. The van der Waals surface area contributed by atoms with E-state index in [0.717, 1.165) is 25.8 Å². The summed E-state index contributed by atoms with van der Waals surface area (Å²) in [5.41, 5.74) is 0. The fourth-order valence-corrected chi connectivity index (χ4v) is 3.10. The molecule has 1 aromatic heterocycles. The van der Waals surface area contributed by atoms with Crippen LogP contribution in [0.3, 0.4) is 0 Å². The van der Waals surface area contributed by atoms with Crippen LogP contribution in [0.5, 0.6) is 5.75 Å². The first kappa shape index (κ1) is 16.5. The number of amides is 1. The van der Waals surface area contributed by atoms with Crippen LogP contribution in [0, 0.1) is 5.82 Å². The average Bonchev–Trinajstić information content (AvgIpc) is 3.10. The van der Waals surface area contributed by atoms with Crippen LogP contribution in [0.1, 0.15) is 25.7 Å². The van der Waals surface area contributed by atoms with Crippen molar-refractivity contribution >= 4 is 5.91 Å². The maximum Gasteiger partial charge on any atom is 0.226 e. The van der Waals surface area contributed by atoms with Gasteiger partial charge in [0.05, 0.1) is 25.6 Å². The number of rotatable bonds is 6. The molecular weight excluding hydrogens is 309 g/mol. The Labute approximate surface area is 141 Å². The third-order valence-electron chi connectivity index (χ3n) is 4.31. The van der Waals surface area contributed by atoms with Crippen LogP contribution in [0.2, 0.25) is 0 Å². The molecule has 0 bridgehead atoms. The molecule has 1 saturated heterocycles. The summed E-state index contributed by atoms with van der Waals surface area (Å²) >= 11 is 0. The Morgan fingerprint density at radius 2 is 2.17 bits per heavy atom. The Morgan fingerprint density at radius 1 is 1.29 bits per heavy atom. The van der Waals surface area contributed by atoms with Gasteiger partial charge in [0.2, 0.25) is 5.91 Å². The van der Waals surface area contributed by atoms with Gasteiger partial charge in [-0.15, -0.1) is 0 Å². The number of nitrogens with zero attached hydrogens (tertiary/aromatic N) is 3. The van der Waals surface area contributed by atoms with E-state index in [-0.39, 0.29) is 30.7 Å². The summed E-state index contributed by atoms with van der Waals surface area (Å²) in [4.78, 5) is 14.5. The molecule has 24 heavy (non-hydrogen) atoms. The molecule has 1 aliphatic heterocycles. The van der Waals surface area contributed by atoms with Gasteiger partial charge in [0.1, 0.15) is 0 Å². The number of hydrogen-bond acceptors (Lipinski definition) is 3. The van der Waals surface area contributed by atoms with Crippen molar-refractivity contribution in [1.29, 1.82) is 0 Å². The Kier molecular flexibility index (Phi) is 5.46. The van der Waals surface area contributed by atoms with E-state index in [2.05, 4.69) is 5.10 Å². The van der Waals surface area contributed by atoms with Crippen LogP contribution >= 0.6 is 0 Å². The second-order valence-electron chi connectivity index (χ2n) is 5.99. The topological polar surface area (TPSA) is 47.4 Å². The summed E-state index contributed by atoms with van der Waals surface area (Å²) in [5, 5.41) is 4.23. The normalized spacial score (nSPS) is 17.7. The van der Waals surface area contributed by atoms with Crippen LogP contribution in [0.4, 0.5) is 4.39 Å². The molecule has 0 aliphatic carbocycles. The number of para-hydroxylation sites is 1. The number of hydrogen-bond donors (Lipinski definition) is 0. The Morgan fingerprint density at radius 3 is 2.96 bits per heavy atom. The monoisotopic (exact) mass is 331 g/mol. The van der Waals surface area contributed by atoms with Gasteiger partial charge in [-0.2, -0.15) is 5.10 Å². The first-order valence-corrected chi connectivity index (χ1v) is 8.38. The van der Waals surface area contributed by atoms with Crippen molar-refractivity contribution in [3.8, 4) is 5.75 Å². The number of halogens is 1. The zero-order valence-corrected chi connectivity index (χ0v) is 13.6. The van der Waals surface area contributed by atoms with Gasteiger partial charge in [-0.3, -0.25) is 9.48 Å².